The van der Waals surface area contributed by atoms with Crippen molar-refractivity contribution < 1.29 is 22.4 Å². The van der Waals surface area contributed by atoms with Crippen LogP contribution < -0.4 is 16.2 Å². The molecule has 1 aliphatic heterocycles. The Morgan fingerprint density at radius 1 is 1.10 bits per heavy atom. The van der Waals surface area contributed by atoms with Crippen LogP contribution in [0.5, 0.6) is 0 Å². The third-order valence-electron chi connectivity index (χ3n) is 5.64. The Hall–Kier alpha value is -2.95. The van der Waals surface area contributed by atoms with E-state index in [0.717, 1.165) is 12.8 Å². The van der Waals surface area contributed by atoms with Gasteiger partial charge in [-0.3, -0.25) is 4.79 Å². The zero-order valence-corrected chi connectivity index (χ0v) is 16.6. The molecule has 3 heterocycles. The predicted molar refractivity (Wildman–Crippen MR) is 106 cm³/mol. The van der Waals surface area contributed by atoms with Crippen molar-refractivity contribution in [2.75, 3.05) is 23.4 Å². The van der Waals surface area contributed by atoms with Gasteiger partial charge in [0.05, 0.1) is 11.1 Å². The van der Waals surface area contributed by atoms with Gasteiger partial charge in [-0.2, -0.15) is 13.2 Å². The summed E-state index contributed by atoms with van der Waals surface area (Å²) < 4.78 is 52.5. The Labute approximate surface area is 176 Å². The normalized spacial score (nSPS) is 17.5. The van der Waals surface area contributed by atoms with Crippen molar-refractivity contribution in [1.29, 1.82) is 0 Å². The summed E-state index contributed by atoms with van der Waals surface area (Å²) in [5, 5.41) is 0. The largest absolute Gasteiger partial charge is 0.417 e. The number of piperidine rings is 1. The summed E-state index contributed by atoms with van der Waals surface area (Å²) >= 11 is 0. The van der Waals surface area contributed by atoms with E-state index in [4.69, 9.17) is 5.84 Å². The second-order valence-corrected chi connectivity index (χ2v) is 7.77. The number of hydrogen-bond acceptors (Lipinski definition) is 6. The zero-order chi connectivity index (χ0) is 22.2. The first kappa shape index (κ1) is 21.3. The van der Waals surface area contributed by atoms with Crippen molar-refractivity contribution in [2.24, 2.45) is 5.84 Å². The monoisotopic (exact) mass is 438 g/mol. The summed E-state index contributed by atoms with van der Waals surface area (Å²) in [4.78, 5) is 24.4. The highest BCUT2D eigenvalue weighted by molar-refractivity contribution is 5.94. The minimum absolute atomic E-state index is 0.0407. The molecule has 4 rings (SSSR count). The third kappa shape index (κ3) is 4.55. The van der Waals surface area contributed by atoms with E-state index in [1.54, 1.807) is 17.0 Å². The van der Waals surface area contributed by atoms with Crippen LogP contribution in [0.2, 0.25) is 0 Å². The Morgan fingerprint density at radius 3 is 2.29 bits per heavy atom. The minimum Gasteiger partial charge on any atom is -0.354 e. The highest BCUT2D eigenvalue weighted by Gasteiger charge is 2.39. The van der Waals surface area contributed by atoms with Gasteiger partial charge in [-0.1, -0.05) is 0 Å². The zero-order valence-electron chi connectivity index (χ0n) is 16.6. The SMILES string of the molecule is NNc1ccc(C(=O)N(C2CC2)C2CCN(c3ncc(C(F)(F)F)cc3F)CC2)cn1. The number of amides is 1. The fourth-order valence-electron chi connectivity index (χ4n) is 3.91. The van der Waals surface area contributed by atoms with E-state index >= 15 is 0 Å². The molecule has 3 N–H and O–H groups in total. The molecular formula is C20H22F4N6O. The number of rotatable bonds is 5. The number of carbonyl (C=O) groups excluding carboxylic acids is 1. The van der Waals surface area contributed by atoms with Gasteiger partial charge in [0, 0.05) is 37.6 Å². The van der Waals surface area contributed by atoms with Gasteiger partial charge in [-0.05, 0) is 43.9 Å². The standard InChI is InChI=1S/C20H22F4N6O/c21-16-9-13(20(22,23)24)11-27-18(16)29-7-5-15(6-8-29)30(14-2-3-14)19(31)12-1-4-17(28-25)26-10-12/h1,4,9-11,14-15H,2-3,5-8,25H2,(H,26,28). The first-order chi connectivity index (χ1) is 14.8. The number of hydrogen-bond donors (Lipinski definition) is 2. The summed E-state index contributed by atoms with van der Waals surface area (Å²) in [6, 6.07) is 3.89. The lowest BCUT2D eigenvalue weighted by atomic mass is 10.0. The highest BCUT2D eigenvalue weighted by Crippen LogP contribution is 2.35. The van der Waals surface area contributed by atoms with Crippen LogP contribution in [0.1, 0.15) is 41.6 Å². The molecular weight excluding hydrogens is 416 g/mol. The van der Waals surface area contributed by atoms with Gasteiger partial charge in [-0.25, -0.2) is 20.2 Å². The van der Waals surface area contributed by atoms with Crippen LogP contribution in [0.3, 0.4) is 0 Å². The number of nitrogens with one attached hydrogen (secondary N) is 1. The number of halogens is 4. The summed E-state index contributed by atoms with van der Waals surface area (Å²) in [5.74, 6) is 4.56. The first-order valence-electron chi connectivity index (χ1n) is 10.0. The fourth-order valence-corrected chi connectivity index (χ4v) is 3.91. The molecule has 0 bridgehead atoms. The number of nitrogen functional groups attached to an aromatic ring is 1. The molecule has 1 aliphatic carbocycles. The highest BCUT2D eigenvalue weighted by atomic mass is 19.4. The van der Waals surface area contributed by atoms with Crippen LogP contribution in [-0.4, -0.2) is 45.9 Å². The molecule has 1 saturated carbocycles. The van der Waals surface area contributed by atoms with Crippen molar-refractivity contribution >= 4 is 17.5 Å². The van der Waals surface area contributed by atoms with Crippen molar-refractivity contribution in [2.45, 2.75) is 43.9 Å². The van der Waals surface area contributed by atoms with Gasteiger partial charge in [0.15, 0.2) is 11.6 Å². The molecule has 0 aromatic carbocycles. The smallest absolute Gasteiger partial charge is 0.354 e. The molecule has 0 radical (unpaired) electrons. The molecule has 31 heavy (non-hydrogen) atoms. The fraction of sp³-hybridized carbons (Fsp3) is 0.450. The van der Waals surface area contributed by atoms with E-state index in [9.17, 15) is 22.4 Å². The Bertz CT molecular complexity index is 940. The van der Waals surface area contributed by atoms with Crippen LogP contribution in [0.15, 0.2) is 30.6 Å². The maximum Gasteiger partial charge on any atom is 0.417 e. The second-order valence-electron chi connectivity index (χ2n) is 7.77. The van der Waals surface area contributed by atoms with Crippen molar-refractivity contribution in [3.63, 3.8) is 0 Å². The maximum atomic E-state index is 14.3. The lowest BCUT2D eigenvalue weighted by molar-refractivity contribution is -0.138. The average molecular weight is 438 g/mol. The average Bonchev–Trinajstić information content (AvgIpc) is 3.59. The molecule has 2 aliphatic rings. The Morgan fingerprint density at radius 2 is 1.77 bits per heavy atom. The van der Waals surface area contributed by atoms with E-state index in [-0.39, 0.29) is 23.8 Å². The number of nitrogens with two attached hydrogens (primary N) is 1. The van der Waals surface area contributed by atoms with Gasteiger partial charge in [-0.15, -0.1) is 0 Å². The number of pyridine rings is 2. The molecule has 1 saturated heterocycles. The van der Waals surface area contributed by atoms with Gasteiger partial charge >= 0.3 is 6.18 Å². The van der Waals surface area contributed by atoms with Crippen LogP contribution in [0.4, 0.5) is 29.2 Å². The summed E-state index contributed by atoms with van der Waals surface area (Å²) in [6.45, 7) is 0.787. The number of alkyl halides is 3. The topological polar surface area (TPSA) is 87.4 Å². The Balaban J connectivity index is 1.44. The molecule has 11 heteroatoms. The molecule has 7 nitrogen and oxygen atoms in total. The lowest BCUT2D eigenvalue weighted by Crippen LogP contribution is -2.48. The van der Waals surface area contributed by atoms with Crippen LogP contribution in [-0.2, 0) is 6.18 Å². The van der Waals surface area contributed by atoms with Crippen LogP contribution in [0.25, 0.3) is 0 Å². The molecule has 0 atom stereocenters. The van der Waals surface area contributed by atoms with E-state index in [1.165, 1.54) is 6.20 Å². The molecule has 166 valence electrons. The van der Waals surface area contributed by atoms with Crippen molar-refractivity contribution in [3.8, 4) is 0 Å². The minimum atomic E-state index is -4.64. The Kier molecular flexibility index (Phi) is 5.69. The van der Waals surface area contributed by atoms with Gasteiger partial charge in [0.1, 0.15) is 5.82 Å². The summed E-state index contributed by atoms with van der Waals surface area (Å²) in [7, 11) is 0. The summed E-state index contributed by atoms with van der Waals surface area (Å²) in [6.07, 6.45) is 0.479. The molecule has 1 amide bonds. The van der Waals surface area contributed by atoms with Crippen LogP contribution >= 0.6 is 0 Å². The quantitative estimate of drug-likeness (QED) is 0.424. The first-order valence-corrected chi connectivity index (χ1v) is 10.0. The molecule has 0 unspecified atom stereocenters. The number of carbonyl (C=O) groups is 1. The maximum absolute atomic E-state index is 14.3. The lowest BCUT2D eigenvalue weighted by Gasteiger charge is -2.39. The predicted octanol–water partition coefficient (Wildman–Crippen LogP) is 3.19. The van der Waals surface area contributed by atoms with Crippen molar-refractivity contribution in [3.05, 3.63) is 47.5 Å². The van der Waals surface area contributed by atoms with Crippen LogP contribution in [0, 0.1) is 5.82 Å². The molecule has 2 aromatic heterocycles. The van der Waals surface area contributed by atoms with E-state index in [2.05, 4.69) is 15.4 Å². The number of aromatic nitrogens is 2. The molecule has 0 spiro atoms. The van der Waals surface area contributed by atoms with E-state index in [1.807, 2.05) is 4.90 Å². The second kappa shape index (κ2) is 8.29. The number of anilines is 2. The molecule has 2 aromatic rings. The third-order valence-corrected chi connectivity index (χ3v) is 5.64. The van der Waals surface area contributed by atoms with Gasteiger partial charge in [0.25, 0.3) is 5.91 Å². The van der Waals surface area contributed by atoms with Gasteiger partial charge < -0.3 is 15.2 Å². The molecule has 2 fully saturated rings. The van der Waals surface area contributed by atoms with E-state index < -0.39 is 17.6 Å². The van der Waals surface area contributed by atoms with Crippen molar-refractivity contribution in [1.82, 2.24) is 14.9 Å². The number of hydrazine groups is 1. The summed E-state index contributed by atoms with van der Waals surface area (Å²) in [5.41, 5.74) is 1.77. The number of nitrogens with zero attached hydrogens (tertiary/aromatic N) is 4. The van der Waals surface area contributed by atoms with E-state index in [0.29, 0.717) is 49.6 Å². The van der Waals surface area contributed by atoms with Gasteiger partial charge in [0.2, 0.25) is 0 Å².